The molecular weight excluding hydrogens is 316 g/mol. The third-order valence-corrected chi connectivity index (χ3v) is 4.99. The minimum absolute atomic E-state index is 0.414. The predicted molar refractivity (Wildman–Crippen MR) is 102 cm³/mol. The number of fused-ring (bicyclic) bond motifs is 1. The van der Waals surface area contributed by atoms with Gasteiger partial charge < -0.3 is 20.5 Å². The normalized spacial score (nSPS) is 20.8. The van der Waals surface area contributed by atoms with E-state index in [0.29, 0.717) is 31.8 Å². The van der Waals surface area contributed by atoms with Gasteiger partial charge in [0, 0.05) is 24.2 Å². The molecule has 2 aliphatic rings. The van der Waals surface area contributed by atoms with E-state index < -0.39 is 0 Å². The highest BCUT2D eigenvalue weighted by molar-refractivity contribution is 5.92. The molecule has 2 aliphatic heterocycles. The van der Waals surface area contributed by atoms with Gasteiger partial charge in [0.05, 0.1) is 19.8 Å². The topological polar surface area (TPSA) is 72.1 Å². The zero-order valence-corrected chi connectivity index (χ0v) is 15.3. The van der Waals surface area contributed by atoms with Crippen LogP contribution in [0.15, 0.2) is 23.2 Å². The van der Waals surface area contributed by atoms with Crippen molar-refractivity contribution in [2.45, 2.75) is 39.2 Å². The average molecular weight is 346 g/mol. The molecule has 0 spiro atoms. The average Bonchev–Trinajstić information content (AvgIpc) is 2.85. The van der Waals surface area contributed by atoms with Crippen molar-refractivity contribution in [3.8, 4) is 11.5 Å². The lowest BCUT2D eigenvalue weighted by atomic mass is 9.98. The molecule has 3 rings (SSSR count). The van der Waals surface area contributed by atoms with Crippen molar-refractivity contribution >= 4 is 11.6 Å². The molecule has 0 aromatic heterocycles. The van der Waals surface area contributed by atoms with Gasteiger partial charge in [0.15, 0.2) is 17.5 Å². The summed E-state index contributed by atoms with van der Waals surface area (Å²) >= 11 is 0. The Bertz CT molecular complexity index is 597. The number of rotatable bonds is 4. The van der Waals surface area contributed by atoms with Crippen LogP contribution in [0.25, 0.3) is 0 Å². The molecule has 1 atom stereocenters. The van der Waals surface area contributed by atoms with Gasteiger partial charge in [-0.1, -0.05) is 6.92 Å². The fourth-order valence-corrected chi connectivity index (χ4v) is 3.24. The fraction of sp³-hybridized carbons (Fsp3) is 0.632. The van der Waals surface area contributed by atoms with E-state index in [-0.39, 0.29) is 0 Å². The highest BCUT2D eigenvalue weighted by Gasteiger charge is 2.20. The number of nitrogens with two attached hydrogens (primary N) is 1. The van der Waals surface area contributed by atoms with Crippen LogP contribution >= 0.6 is 0 Å². The van der Waals surface area contributed by atoms with Crippen LogP contribution in [0.3, 0.4) is 0 Å². The van der Waals surface area contributed by atoms with Crippen molar-refractivity contribution in [3.05, 3.63) is 18.2 Å². The number of aliphatic imine (C=N–C) groups is 1. The van der Waals surface area contributed by atoms with E-state index in [9.17, 15) is 0 Å². The van der Waals surface area contributed by atoms with Crippen LogP contribution in [-0.2, 0) is 0 Å². The monoisotopic (exact) mass is 346 g/mol. The van der Waals surface area contributed by atoms with Crippen LogP contribution in [0.2, 0.25) is 0 Å². The minimum Gasteiger partial charge on any atom is -0.490 e. The quantitative estimate of drug-likeness (QED) is 0.648. The Morgan fingerprint density at radius 3 is 2.76 bits per heavy atom. The second-order valence-electron chi connectivity index (χ2n) is 7.13. The Kier molecular flexibility index (Phi) is 6.02. The molecule has 1 aromatic rings. The maximum atomic E-state index is 6.06. The van der Waals surface area contributed by atoms with Crippen molar-refractivity contribution in [3.63, 3.8) is 0 Å². The molecule has 1 saturated heterocycles. The summed E-state index contributed by atoms with van der Waals surface area (Å²) in [5.41, 5.74) is 6.93. The maximum absolute atomic E-state index is 6.06. The number of hydrogen-bond donors (Lipinski definition) is 2. The molecule has 0 aliphatic carbocycles. The Balaban J connectivity index is 1.53. The molecule has 0 radical (unpaired) electrons. The van der Waals surface area contributed by atoms with Gasteiger partial charge in [0.2, 0.25) is 0 Å². The van der Waals surface area contributed by atoms with Crippen LogP contribution < -0.4 is 20.5 Å². The van der Waals surface area contributed by atoms with Gasteiger partial charge in [0.25, 0.3) is 0 Å². The largest absolute Gasteiger partial charge is 0.490 e. The van der Waals surface area contributed by atoms with Gasteiger partial charge in [-0.25, -0.2) is 0 Å². The van der Waals surface area contributed by atoms with Gasteiger partial charge in [0.1, 0.15) is 0 Å². The first-order valence-electron chi connectivity index (χ1n) is 9.32. The summed E-state index contributed by atoms with van der Waals surface area (Å²) in [7, 11) is 0. The van der Waals surface area contributed by atoms with Gasteiger partial charge >= 0.3 is 0 Å². The summed E-state index contributed by atoms with van der Waals surface area (Å²) < 4.78 is 11.3. The third-order valence-electron chi connectivity index (χ3n) is 4.99. The Hall–Kier alpha value is -1.95. The molecule has 1 fully saturated rings. The number of guanidine groups is 1. The van der Waals surface area contributed by atoms with Crippen molar-refractivity contribution in [2.75, 3.05) is 38.2 Å². The second kappa shape index (κ2) is 8.43. The predicted octanol–water partition coefficient (Wildman–Crippen LogP) is 2.69. The van der Waals surface area contributed by atoms with Crippen molar-refractivity contribution < 1.29 is 9.47 Å². The lowest BCUT2D eigenvalue weighted by Crippen LogP contribution is -2.41. The van der Waals surface area contributed by atoms with Gasteiger partial charge in [-0.3, -0.25) is 9.89 Å². The third kappa shape index (κ3) is 5.01. The molecule has 138 valence electrons. The van der Waals surface area contributed by atoms with Gasteiger partial charge in [-0.15, -0.1) is 0 Å². The highest BCUT2D eigenvalue weighted by Crippen LogP contribution is 2.32. The van der Waals surface area contributed by atoms with E-state index in [1.54, 1.807) is 0 Å². The van der Waals surface area contributed by atoms with Crippen LogP contribution in [0.5, 0.6) is 11.5 Å². The van der Waals surface area contributed by atoms with Gasteiger partial charge in [-0.05, 0) is 50.9 Å². The Morgan fingerprint density at radius 2 is 2.00 bits per heavy atom. The molecule has 0 amide bonds. The van der Waals surface area contributed by atoms with E-state index in [4.69, 9.17) is 15.2 Å². The first kappa shape index (κ1) is 17.9. The highest BCUT2D eigenvalue weighted by atomic mass is 16.5. The van der Waals surface area contributed by atoms with E-state index in [2.05, 4.69) is 29.1 Å². The van der Waals surface area contributed by atoms with Crippen LogP contribution in [0, 0.1) is 5.92 Å². The Morgan fingerprint density at radius 1 is 1.28 bits per heavy atom. The van der Waals surface area contributed by atoms with Crippen molar-refractivity contribution in [1.82, 2.24) is 4.90 Å². The molecule has 1 aromatic carbocycles. The lowest BCUT2D eigenvalue weighted by Gasteiger charge is -2.34. The summed E-state index contributed by atoms with van der Waals surface area (Å²) in [6.45, 7) is 8.94. The molecule has 6 nitrogen and oxygen atoms in total. The van der Waals surface area contributed by atoms with Gasteiger partial charge in [-0.2, -0.15) is 0 Å². The summed E-state index contributed by atoms with van der Waals surface area (Å²) in [4.78, 5) is 7.02. The molecule has 3 N–H and O–H groups in total. The van der Waals surface area contributed by atoms with E-state index in [1.807, 2.05) is 18.2 Å². The molecule has 0 bridgehead atoms. The zero-order valence-electron chi connectivity index (χ0n) is 15.3. The van der Waals surface area contributed by atoms with E-state index >= 15 is 0 Å². The first-order chi connectivity index (χ1) is 12.1. The number of nitrogens with zero attached hydrogens (tertiary/aromatic N) is 2. The number of hydrogen-bond acceptors (Lipinski definition) is 4. The number of anilines is 1. The lowest BCUT2D eigenvalue weighted by molar-refractivity contribution is 0.150. The van der Waals surface area contributed by atoms with Crippen molar-refractivity contribution in [2.24, 2.45) is 16.6 Å². The maximum Gasteiger partial charge on any atom is 0.193 e. The number of piperidine rings is 1. The van der Waals surface area contributed by atoms with Crippen LogP contribution in [-0.4, -0.2) is 49.7 Å². The van der Waals surface area contributed by atoms with Crippen molar-refractivity contribution in [1.29, 1.82) is 0 Å². The first-order valence-corrected chi connectivity index (χ1v) is 9.32. The van der Waals surface area contributed by atoms with E-state index in [0.717, 1.165) is 42.6 Å². The summed E-state index contributed by atoms with van der Waals surface area (Å²) in [5, 5.41) is 3.15. The molecular formula is C19H30N4O2. The molecule has 0 saturated carbocycles. The van der Waals surface area contributed by atoms with Crippen LogP contribution in [0.1, 0.15) is 33.1 Å². The smallest absolute Gasteiger partial charge is 0.193 e. The minimum atomic E-state index is 0.414. The zero-order chi connectivity index (χ0) is 17.6. The standard InChI is InChI=1S/C19H30N4O2/c1-14-6-8-23(9-7-14)15(2)13-21-19(20)22-16-4-5-17-18(12-16)25-11-3-10-24-17/h4-5,12,14-15H,3,6-11,13H2,1-2H3,(H3,20,21,22). The molecule has 6 heteroatoms. The number of ether oxygens (including phenoxy) is 2. The second-order valence-corrected chi connectivity index (χ2v) is 7.13. The number of likely N-dealkylation sites (tertiary alicyclic amines) is 1. The summed E-state index contributed by atoms with van der Waals surface area (Å²) in [6.07, 6.45) is 3.45. The summed E-state index contributed by atoms with van der Waals surface area (Å²) in [6, 6.07) is 6.18. The van der Waals surface area contributed by atoms with Crippen LogP contribution in [0.4, 0.5) is 5.69 Å². The number of nitrogens with one attached hydrogen (secondary N) is 1. The Labute approximate surface area is 150 Å². The summed E-state index contributed by atoms with van der Waals surface area (Å²) in [5.74, 6) is 2.82. The fourth-order valence-electron chi connectivity index (χ4n) is 3.24. The molecule has 25 heavy (non-hydrogen) atoms. The van der Waals surface area contributed by atoms with E-state index in [1.165, 1.54) is 12.8 Å². The molecule has 2 heterocycles. The molecule has 1 unspecified atom stereocenters. The SMILES string of the molecule is CC1CCN(C(C)CN=C(N)Nc2ccc3c(c2)OCCCO3)CC1. The number of benzene rings is 1.